The highest BCUT2D eigenvalue weighted by molar-refractivity contribution is 6.74. The van der Waals surface area contributed by atoms with Crippen molar-refractivity contribution in [3.05, 3.63) is 16.7 Å². The van der Waals surface area contributed by atoms with E-state index < -0.39 is 8.32 Å². The van der Waals surface area contributed by atoms with Gasteiger partial charge in [-0.05, 0) is 31.0 Å². The number of imidazole rings is 1. The summed E-state index contributed by atoms with van der Waals surface area (Å²) in [7, 11) is -2.05. The monoisotopic (exact) mass is 421 g/mol. The van der Waals surface area contributed by atoms with Gasteiger partial charge in [0.15, 0.2) is 25.7 Å². The number of aromatic amines is 1. The minimum absolute atomic E-state index is 0.0706. The van der Waals surface area contributed by atoms with Crippen LogP contribution >= 0.6 is 0 Å². The predicted molar refractivity (Wildman–Crippen MR) is 117 cm³/mol. The summed E-state index contributed by atoms with van der Waals surface area (Å²) in [4.78, 5) is 23.4. The summed E-state index contributed by atoms with van der Waals surface area (Å²) in [6.45, 7) is 15.6. The molecular formula is C20H35N5O3Si. The molecule has 4 atom stereocenters. The molecule has 162 valence electrons. The molecule has 0 bridgehead atoms. The molecule has 0 spiro atoms. The Morgan fingerprint density at radius 1 is 1.34 bits per heavy atom. The van der Waals surface area contributed by atoms with Crippen molar-refractivity contribution >= 4 is 25.4 Å². The second-order valence-electron chi connectivity index (χ2n) is 9.54. The van der Waals surface area contributed by atoms with Gasteiger partial charge in [0.2, 0.25) is 5.95 Å². The van der Waals surface area contributed by atoms with Crippen molar-refractivity contribution < 1.29 is 9.16 Å². The maximum atomic E-state index is 12.2. The van der Waals surface area contributed by atoms with E-state index in [-0.39, 0.29) is 46.4 Å². The van der Waals surface area contributed by atoms with Gasteiger partial charge in [0.25, 0.3) is 5.56 Å². The topological polar surface area (TPSA) is 108 Å². The van der Waals surface area contributed by atoms with Gasteiger partial charge in [-0.3, -0.25) is 14.3 Å². The maximum absolute atomic E-state index is 12.2. The number of aromatic nitrogens is 4. The van der Waals surface area contributed by atoms with Gasteiger partial charge in [0.1, 0.15) is 0 Å². The quantitative estimate of drug-likeness (QED) is 0.687. The van der Waals surface area contributed by atoms with Gasteiger partial charge >= 0.3 is 0 Å². The lowest BCUT2D eigenvalue weighted by atomic mass is 9.92. The number of nitrogens with zero attached hydrogens (tertiary/aromatic N) is 3. The van der Waals surface area contributed by atoms with Gasteiger partial charge < -0.3 is 14.9 Å². The van der Waals surface area contributed by atoms with Gasteiger partial charge in [-0.2, -0.15) is 4.98 Å². The average Bonchev–Trinajstić information content (AvgIpc) is 3.16. The van der Waals surface area contributed by atoms with Crippen molar-refractivity contribution in [3.63, 3.8) is 0 Å². The van der Waals surface area contributed by atoms with Crippen LogP contribution < -0.4 is 11.3 Å². The van der Waals surface area contributed by atoms with Crippen molar-refractivity contribution in [2.75, 3.05) is 5.73 Å². The van der Waals surface area contributed by atoms with Gasteiger partial charge in [-0.15, -0.1) is 0 Å². The Kier molecular flexibility index (Phi) is 5.95. The summed E-state index contributed by atoms with van der Waals surface area (Å²) in [5.74, 6) is 0.349. The van der Waals surface area contributed by atoms with Crippen molar-refractivity contribution in [3.8, 4) is 0 Å². The molecule has 2 aromatic rings. The van der Waals surface area contributed by atoms with Crippen LogP contribution in [-0.2, 0) is 9.16 Å². The number of anilines is 1. The Bertz CT molecular complexity index is 917. The molecule has 3 N–H and O–H groups in total. The average molecular weight is 422 g/mol. The molecule has 0 unspecified atom stereocenters. The lowest BCUT2D eigenvalue weighted by Gasteiger charge is -2.41. The second kappa shape index (κ2) is 7.85. The molecule has 0 aromatic carbocycles. The third-order valence-electron chi connectivity index (χ3n) is 6.48. The zero-order valence-electron chi connectivity index (χ0n) is 18.7. The Labute approximate surface area is 173 Å². The third kappa shape index (κ3) is 4.00. The van der Waals surface area contributed by atoms with Crippen molar-refractivity contribution in [1.82, 2.24) is 19.5 Å². The van der Waals surface area contributed by atoms with Gasteiger partial charge in [-0.1, -0.05) is 41.0 Å². The third-order valence-corrected chi connectivity index (χ3v) is 11.0. The van der Waals surface area contributed by atoms with Crippen LogP contribution in [0.4, 0.5) is 5.95 Å². The van der Waals surface area contributed by atoms with Crippen LogP contribution in [0.3, 0.4) is 0 Å². The van der Waals surface area contributed by atoms with E-state index in [0.717, 1.165) is 19.3 Å². The fourth-order valence-corrected chi connectivity index (χ4v) is 5.20. The molecule has 3 rings (SSSR count). The largest absolute Gasteiger partial charge is 0.409 e. The SMILES string of the molecule is CCC[C@H]1[C@@H](O[Si](C)(C)C(C)(C)C)[C@H](n2cnc3c(=O)[nH]c(N)nc32)O[C@@H]1CC. The molecule has 0 amide bonds. The van der Waals surface area contributed by atoms with E-state index in [1.165, 1.54) is 0 Å². The standard InChI is InChI=1S/C20H35N5O3Si/c1-8-10-12-13(9-2)27-18(15(12)28-29(6,7)20(3,4)5)25-11-22-14-16(25)23-19(21)24-17(14)26/h11-13,15,18H,8-10H2,1-7H3,(H3,21,23,24,26)/t12-,13-,15-,18-/m1/s1. The molecule has 1 aliphatic heterocycles. The summed E-state index contributed by atoms with van der Waals surface area (Å²) in [5, 5.41) is 0.0788. The van der Waals surface area contributed by atoms with Gasteiger partial charge in [0.05, 0.1) is 18.5 Å². The van der Waals surface area contributed by atoms with Crippen LogP contribution in [-0.4, -0.2) is 40.0 Å². The number of H-pyrrole nitrogens is 1. The molecule has 1 fully saturated rings. The molecule has 9 heteroatoms. The highest BCUT2D eigenvalue weighted by atomic mass is 28.4. The summed E-state index contributed by atoms with van der Waals surface area (Å²) in [5.41, 5.74) is 6.16. The summed E-state index contributed by atoms with van der Waals surface area (Å²) < 4.78 is 15.3. The van der Waals surface area contributed by atoms with Crippen LogP contribution in [0.25, 0.3) is 11.2 Å². The highest BCUT2D eigenvalue weighted by Gasteiger charge is 2.50. The smallest absolute Gasteiger partial charge is 0.280 e. The van der Waals surface area contributed by atoms with E-state index in [9.17, 15) is 4.79 Å². The molecule has 3 heterocycles. The Hall–Kier alpha value is -1.71. The summed E-state index contributed by atoms with van der Waals surface area (Å²) >= 11 is 0. The van der Waals surface area contributed by atoms with Crippen LogP contribution in [0.15, 0.2) is 11.1 Å². The second-order valence-corrected chi connectivity index (χ2v) is 14.3. The first-order chi connectivity index (χ1) is 13.5. The van der Waals surface area contributed by atoms with Crippen molar-refractivity contribution in [2.45, 2.75) is 90.4 Å². The molecule has 0 radical (unpaired) electrons. The van der Waals surface area contributed by atoms with E-state index in [1.807, 2.05) is 4.57 Å². The Balaban J connectivity index is 2.09. The predicted octanol–water partition coefficient (Wildman–Crippen LogP) is 3.82. The number of hydrogen-bond donors (Lipinski definition) is 2. The van der Waals surface area contributed by atoms with E-state index in [2.05, 4.69) is 62.7 Å². The molecule has 2 aromatic heterocycles. The lowest BCUT2D eigenvalue weighted by Crippen LogP contribution is -2.47. The van der Waals surface area contributed by atoms with Crippen LogP contribution in [0.5, 0.6) is 0 Å². The van der Waals surface area contributed by atoms with E-state index in [4.69, 9.17) is 14.9 Å². The first-order valence-corrected chi connectivity index (χ1v) is 13.5. The lowest BCUT2D eigenvalue weighted by molar-refractivity contribution is -0.0321. The number of nitrogens with two attached hydrogens (primary N) is 1. The number of ether oxygens (including phenoxy) is 1. The molecule has 29 heavy (non-hydrogen) atoms. The van der Waals surface area contributed by atoms with Gasteiger partial charge in [-0.25, -0.2) is 4.98 Å². The first-order valence-electron chi connectivity index (χ1n) is 10.6. The zero-order chi connectivity index (χ0) is 21.6. The van der Waals surface area contributed by atoms with Crippen molar-refractivity contribution in [1.29, 1.82) is 0 Å². The summed E-state index contributed by atoms with van der Waals surface area (Å²) in [6, 6.07) is 0. The minimum Gasteiger partial charge on any atom is -0.409 e. The first kappa shape index (κ1) is 22.0. The van der Waals surface area contributed by atoms with E-state index in [1.54, 1.807) is 6.33 Å². The van der Waals surface area contributed by atoms with Crippen LogP contribution in [0.1, 0.15) is 60.1 Å². The summed E-state index contributed by atoms with van der Waals surface area (Å²) in [6.07, 6.45) is 4.19. The number of fused-ring (bicyclic) bond motifs is 1. The number of hydrogen-bond acceptors (Lipinski definition) is 6. The number of nitrogen functional groups attached to an aromatic ring is 1. The molecule has 1 saturated heterocycles. The molecule has 0 saturated carbocycles. The van der Waals surface area contributed by atoms with Crippen molar-refractivity contribution in [2.24, 2.45) is 5.92 Å². The molecule has 0 aliphatic carbocycles. The van der Waals surface area contributed by atoms with Crippen LogP contribution in [0.2, 0.25) is 18.1 Å². The van der Waals surface area contributed by atoms with Crippen LogP contribution in [0, 0.1) is 5.92 Å². The molecular weight excluding hydrogens is 386 g/mol. The number of nitrogens with one attached hydrogen (secondary N) is 1. The zero-order valence-corrected chi connectivity index (χ0v) is 19.7. The minimum atomic E-state index is -2.05. The molecule has 8 nitrogen and oxygen atoms in total. The fraction of sp³-hybridized carbons (Fsp3) is 0.750. The highest BCUT2D eigenvalue weighted by Crippen LogP contribution is 2.46. The Morgan fingerprint density at radius 3 is 2.62 bits per heavy atom. The molecule has 1 aliphatic rings. The fourth-order valence-electron chi connectivity index (χ4n) is 3.88. The Morgan fingerprint density at radius 2 is 2.03 bits per heavy atom. The normalized spacial score (nSPS) is 25.8. The number of rotatable bonds is 6. The van der Waals surface area contributed by atoms with E-state index >= 15 is 0 Å². The van der Waals surface area contributed by atoms with Gasteiger partial charge in [0, 0.05) is 5.92 Å². The maximum Gasteiger partial charge on any atom is 0.280 e. The van der Waals surface area contributed by atoms with E-state index in [0.29, 0.717) is 5.65 Å².